The van der Waals surface area contributed by atoms with Gasteiger partial charge in [0.15, 0.2) is 0 Å². The molecule has 1 amide bonds. The molecule has 0 spiro atoms. The van der Waals surface area contributed by atoms with Gasteiger partial charge in [0.2, 0.25) is 0 Å². The molecular weight excluding hydrogens is 233 g/mol. The number of halogens is 1. The summed E-state index contributed by atoms with van der Waals surface area (Å²) in [5, 5.41) is 11.8. The van der Waals surface area contributed by atoms with Crippen LogP contribution in [0.4, 0.5) is 4.39 Å². The zero-order valence-corrected chi connectivity index (χ0v) is 9.56. The molecule has 0 fully saturated rings. The Morgan fingerprint density at radius 3 is 2.28 bits per heavy atom. The van der Waals surface area contributed by atoms with E-state index in [1.807, 2.05) is 0 Å². The van der Waals surface area contributed by atoms with Gasteiger partial charge in [0.1, 0.15) is 11.6 Å². The van der Waals surface area contributed by atoms with Gasteiger partial charge in [0, 0.05) is 12.1 Å². The standard InChI is InChI=1S/C14H12FNO2/c15-12-5-1-10(2-6-12)9-16-14(18)11-3-7-13(17)8-4-11/h1-8,17H,9H2,(H,16,18). The van der Waals surface area contributed by atoms with Crippen molar-refractivity contribution in [3.05, 3.63) is 65.5 Å². The topological polar surface area (TPSA) is 49.3 Å². The Hall–Kier alpha value is -2.36. The van der Waals surface area contributed by atoms with E-state index >= 15 is 0 Å². The second kappa shape index (κ2) is 5.31. The van der Waals surface area contributed by atoms with E-state index in [-0.39, 0.29) is 17.5 Å². The summed E-state index contributed by atoms with van der Waals surface area (Å²) in [6.45, 7) is 0.333. The Morgan fingerprint density at radius 1 is 1.06 bits per heavy atom. The number of nitrogens with one attached hydrogen (secondary N) is 1. The van der Waals surface area contributed by atoms with Crippen LogP contribution < -0.4 is 5.32 Å². The lowest BCUT2D eigenvalue weighted by Crippen LogP contribution is -2.22. The molecule has 18 heavy (non-hydrogen) atoms. The first kappa shape index (κ1) is 12.1. The Bertz CT molecular complexity index is 535. The van der Waals surface area contributed by atoms with E-state index in [1.165, 1.54) is 36.4 Å². The Balaban J connectivity index is 1.96. The largest absolute Gasteiger partial charge is 0.508 e. The summed E-state index contributed by atoms with van der Waals surface area (Å²) >= 11 is 0. The minimum atomic E-state index is -0.302. The molecule has 0 radical (unpaired) electrons. The summed E-state index contributed by atoms with van der Waals surface area (Å²) in [4.78, 5) is 11.7. The lowest BCUT2D eigenvalue weighted by atomic mass is 10.2. The molecule has 0 bridgehead atoms. The summed E-state index contributed by atoms with van der Waals surface area (Å²) in [5.41, 5.74) is 1.29. The molecule has 2 N–H and O–H groups in total. The number of rotatable bonds is 3. The molecule has 2 rings (SSSR count). The smallest absolute Gasteiger partial charge is 0.251 e. The second-order valence-corrected chi connectivity index (χ2v) is 3.86. The number of carbonyl (C=O) groups excluding carboxylic acids is 1. The summed E-state index contributed by atoms with van der Waals surface area (Å²) in [5.74, 6) is -0.423. The van der Waals surface area contributed by atoms with E-state index < -0.39 is 0 Å². The maximum atomic E-state index is 12.7. The highest BCUT2D eigenvalue weighted by atomic mass is 19.1. The van der Waals surface area contributed by atoms with E-state index in [0.29, 0.717) is 12.1 Å². The summed E-state index contributed by atoms with van der Waals surface area (Å²) in [6.07, 6.45) is 0. The molecule has 0 aliphatic rings. The minimum Gasteiger partial charge on any atom is -0.508 e. The predicted octanol–water partition coefficient (Wildman–Crippen LogP) is 2.46. The van der Waals surface area contributed by atoms with Crippen molar-refractivity contribution in [1.29, 1.82) is 0 Å². The van der Waals surface area contributed by atoms with Crippen molar-refractivity contribution in [3.8, 4) is 5.75 Å². The third-order valence-electron chi connectivity index (χ3n) is 2.50. The first-order valence-corrected chi connectivity index (χ1v) is 5.47. The van der Waals surface area contributed by atoms with Crippen LogP contribution in [-0.4, -0.2) is 11.0 Å². The quantitative estimate of drug-likeness (QED) is 0.872. The molecule has 3 nitrogen and oxygen atoms in total. The zero-order valence-electron chi connectivity index (χ0n) is 9.56. The Labute approximate surface area is 104 Å². The SMILES string of the molecule is O=C(NCc1ccc(F)cc1)c1ccc(O)cc1. The van der Waals surface area contributed by atoms with Gasteiger partial charge in [-0.3, -0.25) is 4.79 Å². The van der Waals surface area contributed by atoms with Gasteiger partial charge in [0.25, 0.3) is 5.91 Å². The number of phenols is 1. The summed E-state index contributed by atoms with van der Waals surface area (Å²) in [7, 11) is 0. The van der Waals surface area contributed by atoms with E-state index in [1.54, 1.807) is 12.1 Å². The molecule has 92 valence electrons. The number of hydrogen-bond acceptors (Lipinski definition) is 2. The average Bonchev–Trinajstić information content (AvgIpc) is 2.38. The highest BCUT2D eigenvalue weighted by molar-refractivity contribution is 5.94. The fraction of sp³-hybridized carbons (Fsp3) is 0.0714. The minimum absolute atomic E-state index is 0.116. The zero-order chi connectivity index (χ0) is 13.0. The van der Waals surface area contributed by atoms with Gasteiger partial charge < -0.3 is 10.4 Å². The number of hydrogen-bond donors (Lipinski definition) is 2. The van der Waals surface area contributed by atoms with E-state index in [9.17, 15) is 9.18 Å². The van der Waals surface area contributed by atoms with Crippen molar-refractivity contribution in [2.24, 2.45) is 0 Å². The predicted molar refractivity (Wildman–Crippen MR) is 65.7 cm³/mol. The lowest BCUT2D eigenvalue weighted by Gasteiger charge is -2.05. The third kappa shape index (κ3) is 3.07. The fourth-order valence-corrected chi connectivity index (χ4v) is 1.50. The summed E-state index contributed by atoms with van der Waals surface area (Å²) in [6, 6.07) is 11.9. The molecule has 2 aromatic rings. The van der Waals surface area contributed by atoms with E-state index in [2.05, 4.69) is 5.32 Å². The molecule has 0 aromatic heterocycles. The van der Waals surface area contributed by atoms with Gasteiger partial charge in [-0.15, -0.1) is 0 Å². The van der Waals surface area contributed by atoms with Crippen LogP contribution in [0.3, 0.4) is 0 Å². The fourth-order valence-electron chi connectivity index (χ4n) is 1.50. The van der Waals surface area contributed by atoms with Crippen molar-refractivity contribution in [1.82, 2.24) is 5.32 Å². The third-order valence-corrected chi connectivity index (χ3v) is 2.50. The monoisotopic (exact) mass is 245 g/mol. The number of carbonyl (C=O) groups is 1. The van der Waals surface area contributed by atoms with Crippen molar-refractivity contribution < 1.29 is 14.3 Å². The molecule has 0 saturated carbocycles. The first-order chi connectivity index (χ1) is 8.65. The lowest BCUT2D eigenvalue weighted by molar-refractivity contribution is 0.0951. The highest BCUT2D eigenvalue weighted by Crippen LogP contribution is 2.09. The molecule has 0 atom stereocenters. The van der Waals surface area contributed by atoms with Gasteiger partial charge in [0.05, 0.1) is 0 Å². The van der Waals surface area contributed by atoms with Crippen molar-refractivity contribution in [2.75, 3.05) is 0 Å². The van der Waals surface area contributed by atoms with Crippen molar-refractivity contribution >= 4 is 5.91 Å². The molecule has 2 aromatic carbocycles. The van der Waals surface area contributed by atoms with Crippen LogP contribution >= 0.6 is 0 Å². The number of phenolic OH excluding ortho intramolecular Hbond substituents is 1. The van der Waals surface area contributed by atoms with Crippen LogP contribution in [0, 0.1) is 5.82 Å². The van der Waals surface area contributed by atoms with E-state index in [0.717, 1.165) is 5.56 Å². The molecular formula is C14H12FNO2. The second-order valence-electron chi connectivity index (χ2n) is 3.86. The molecule has 0 aliphatic heterocycles. The number of aromatic hydroxyl groups is 1. The van der Waals surface area contributed by atoms with Crippen LogP contribution in [-0.2, 0) is 6.54 Å². The maximum absolute atomic E-state index is 12.7. The summed E-state index contributed by atoms with van der Waals surface area (Å²) < 4.78 is 12.7. The van der Waals surface area contributed by atoms with Crippen LogP contribution in [0.25, 0.3) is 0 Å². The van der Waals surface area contributed by atoms with Crippen LogP contribution in [0.15, 0.2) is 48.5 Å². The van der Waals surface area contributed by atoms with Crippen molar-refractivity contribution in [3.63, 3.8) is 0 Å². The van der Waals surface area contributed by atoms with Crippen LogP contribution in [0.1, 0.15) is 15.9 Å². The molecule has 0 saturated heterocycles. The van der Waals surface area contributed by atoms with Crippen LogP contribution in [0.5, 0.6) is 5.75 Å². The maximum Gasteiger partial charge on any atom is 0.251 e. The van der Waals surface area contributed by atoms with E-state index in [4.69, 9.17) is 5.11 Å². The van der Waals surface area contributed by atoms with Gasteiger partial charge >= 0.3 is 0 Å². The van der Waals surface area contributed by atoms with Gasteiger partial charge in [-0.05, 0) is 42.0 Å². The highest BCUT2D eigenvalue weighted by Gasteiger charge is 2.04. The molecule has 0 unspecified atom stereocenters. The molecule has 0 aliphatic carbocycles. The van der Waals surface area contributed by atoms with Crippen molar-refractivity contribution in [2.45, 2.75) is 6.54 Å². The van der Waals surface area contributed by atoms with Gasteiger partial charge in [-0.2, -0.15) is 0 Å². The first-order valence-electron chi connectivity index (χ1n) is 5.47. The molecule has 4 heteroatoms. The normalized spacial score (nSPS) is 10.1. The van der Waals surface area contributed by atoms with Crippen LogP contribution in [0.2, 0.25) is 0 Å². The average molecular weight is 245 g/mol. The van der Waals surface area contributed by atoms with Gasteiger partial charge in [-0.1, -0.05) is 12.1 Å². The molecule has 0 heterocycles. The van der Waals surface area contributed by atoms with Gasteiger partial charge in [-0.25, -0.2) is 4.39 Å². The Morgan fingerprint density at radius 2 is 1.67 bits per heavy atom. The number of benzene rings is 2. The number of amides is 1. The Kier molecular flexibility index (Phi) is 3.57.